The third kappa shape index (κ3) is 3.80. The molecule has 0 heterocycles. The number of hydrogen-bond donors (Lipinski definition) is 1. The Balaban J connectivity index is 2.36. The zero-order chi connectivity index (χ0) is 15.4. The normalized spacial score (nSPS) is 12.0. The number of nitro groups is 1. The lowest BCUT2D eigenvalue weighted by Gasteiger charge is -2.14. The van der Waals surface area contributed by atoms with Crippen molar-refractivity contribution >= 4 is 21.6 Å². The second-order valence-corrected chi connectivity index (χ2v) is 5.38. The minimum absolute atomic E-state index is 0.0621. The summed E-state index contributed by atoms with van der Waals surface area (Å²) in [5, 5.41) is 20.9. The van der Waals surface area contributed by atoms with Crippen LogP contribution in [0.25, 0.3) is 0 Å². The van der Waals surface area contributed by atoms with Gasteiger partial charge in [0, 0.05) is 16.1 Å². The van der Waals surface area contributed by atoms with E-state index in [1.54, 1.807) is 24.3 Å². The van der Waals surface area contributed by atoms with E-state index in [0.29, 0.717) is 28.0 Å². The van der Waals surface area contributed by atoms with Crippen LogP contribution in [-0.4, -0.2) is 10.0 Å². The molecular formula is C15H14BrNO4. The van der Waals surface area contributed by atoms with E-state index >= 15 is 0 Å². The summed E-state index contributed by atoms with van der Waals surface area (Å²) >= 11 is 3.22. The van der Waals surface area contributed by atoms with Crippen LogP contribution in [-0.2, 0) is 0 Å². The summed E-state index contributed by atoms with van der Waals surface area (Å²) < 4.78 is 6.27. The van der Waals surface area contributed by atoms with Crippen molar-refractivity contribution in [3.8, 4) is 11.5 Å². The van der Waals surface area contributed by atoms with E-state index in [4.69, 9.17) is 4.74 Å². The molecule has 2 rings (SSSR count). The van der Waals surface area contributed by atoms with Gasteiger partial charge in [-0.3, -0.25) is 10.1 Å². The average molecular weight is 352 g/mol. The Morgan fingerprint density at radius 3 is 2.71 bits per heavy atom. The van der Waals surface area contributed by atoms with Crippen molar-refractivity contribution in [2.75, 3.05) is 0 Å². The van der Waals surface area contributed by atoms with E-state index < -0.39 is 11.0 Å². The monoisotopic (exact) mass is 351 g/mol. The number of nitro benzene ring substituents is 1. The maximum absolute atomic E-state index is 10.9. The van der Waals surface area contributed by atoms with Crippen LogP contribution in [0.15, 0.2) is 46.9 Å². The van der Waals surface area contributed by atoms with Gasteiger partial charge in [-0.2, -0.15) is 0 Å². The standard InChI is InChI=1S/C15H14BrNO4/c1-2-14(18)13-5-3-4-6-15(13)21-12-8-10(16)7-11(9-12)17(19)20/h3-9,14,18H,2H2,1H3/t14-/m0/s1. The average Bonchev–Trinajstić information content (AvgIpc) is 2.46. The van der Waals surface area contributed by atoms with Gasteiger partial charge >= 0.3 is 0 Å². The molecule has 0 aliphatic rings. The SMILES string of the molecule is CC[C@H](O)c1ccccc1Oc1cc(Br)cc([N+](=O)[O-])c1. The Morgan fingerprint density at radius 2 is 2.05 bits per heavy atom. The number of rotatable bonds is 5. The second-order valence-electron chi connectivity index (χ2n) is 4.47. The Labute approximate surface area is 130 Å². The van der Waals surface area contributed by atoms with Crippen molar-refractivity contribution in [1.29, 1.82) is 0 Å². The molecule has 2 aromatic carbocycles. The number of benzene rings is 2. The zero-order valence-electron chi connectivity index (χ0n) is 11.3. The summed E-state index contributed by atoms with van der Waals surface area (Å²) in [6.45, 7) is 1.87. The number of aliphatic hydroxyl groups excluding tert-OH is 1. The van der Waals surface area contributed by atoms with Crippen LogP contribution in [0.2, 0.25) is 0 Å². The van der Waals surface area contributed by atoms with E-state index in [2.05, 4.69) is 15.9 Å². The molecule has 110 valence electrons. The maximum Gasteiger partial charge on any atom is 0.274 e. The Bertz CT molecular complexity index is 660. The molecule has 6 heteroatoms. The minimum atomic E-state index is -0.636. The minimum Gasteiger partial charge on any atom is -0.457 e. The molecular weight excluding hydrogens is 338 g/mol. The maximum atomic E-state index is 10.9. The van der Waals surface area contributed by atoms with Crippen LogP contribution in [0, 0.1) is 10.1 Å². The van der Waals surface area contributed by atoms with Crippen LogP contribution >= 0.6 is 15.9 Å². The highest BCUT2D eigenvalue weighted by Gasteiger charge is 2.14. The highest BCUT2D eigenvalue weighted by molar-refractivity contribution is 9.10. The first-order valence-corrected chi connectivity index (χ1v) is 7.20. The predicted molar refractivity (Wildman–Crippen MR) is 82.6 cm³/mol. The zero-order valence-corrected chi connectivity index (χ0v) is 12.9. The smallest absolute Gasteiger partial charge is 0.274 e. The van der Waals surface area contributed by atoms with Gasteiger partial charge in [0.2, 0.25) is 0 Å². The number of ether oxygens (including phenoxy) is 1. The summed E-state index contributed by atoms with van der Waals surface area (Å²) in [4.78, 5) is 10.4. The highest BCUT2D eigenvalue weighted by atomic mass is 79.9. The molecule has 0 fully saturated rings. The van der Waals surface area contributed by atoms with E-state index in [9.17, 15) is 15.2 Å². The summed E-state index contributed by atoms with van der Waals surface area (Å²) in [6, 6.07) is 11.5. The van der Waals surface area contributed by atoms with E-state index in [1.807, 2.05) is 13.0 Å². The van der Waals surface area contributed by atoms with Gasteiger partial charge in [-0.15, -0.1) is 0 Å². The molecule has 0 radical (unpaired) electrons. The topological polar surface area (TPSA) is 72.6 Å². The van der Waals surface area contributed by atoms with E-state index in [1.165, 1.54) is 12.1 Å². The second kappa shape index (κ2) is 6.69. The molecule has 5 nitrogen and oxygen atoms in total. The van der Waals surface area contributed by atoms with Gasteiger partial charge in [0.25, 0.3) is 5.69 Å². The number of hydrogen-bond acceptors (Lipinski definition) is 4. The molecule has 0 unspecified atom stereocenters. The Hall–Kier alpha value is -1.92. The van der Waals surface area contributed by atoms with E-state index in [0.717, 1.165) is 0 Å². The van der Waals surface area contributed by atoms with E-state index in [-0.39, 0.29) is 5.69 Å². The predicted octanol–water partition coefficient (Wildman–Crippen LogP) is 4.59. The molecule has 1 atom stereocenters. The van der Waals surface area contributed by atoms with Gasteiger partial charge in [0.05, 0.1) is 17.1 Å². The van der Waals surface area contributed by atoms with Crippen LogP contribution in [0.3, 0.4) is 0 Å². The Morgan fingerprint density at radius 1 is 1.33 bits per heavy atom. The molecule has 0 spiro atoms. The van der Waals surface area contributed by atoms with Gasteiger partial charge in [-0.05, 0) is 18.6 Å². The third-order valence-electron chi connectivity index (χ3n) is 2.96. The molecule has 0 aliphatic heterocycles. The molecule has 0 bridgehead atoms. The lowest BCUT2D eigenvalue weighted by atomic mass is 10.1. The van der Waals surface area contributed by atoms with Crippen molar-refractivity contribution in [3.63, 3.8) is 0 Å². The summed E-state index contributed by atoms with van der Waals surface area (Å²) in [6.07, 6.45) is -0.0812. The molecule has 1 N–H and O–H groups in total. The first kappa shape index (κ1) is 15.5. The lowest BCUT2D eigenvalue weighted by Crippen LogP contribution is -1.99. The number of para-hydroxylation sites is 1. The highest BCUT2D eigenvalue weighted by Crippen LogP contribution is 2.34. The van der Waals surface area contributed by atoms with Gasteiger partial charge in [0.15, 0.2) is 0 Å². The van der Waals surface area contributed by atoms with Gasteiger partial charge in [0.1, 0.15) is 11.5 Å². The first-order chi connectivity index (χ1) is 10.0. The quantitative estimate of drug-likeness (QED) is 0.631. The summed E-state index contributed by atoms with van der Waals surface area (Å²) in [5.41, 5.74) is 0.593. The van der Waals surface area contributed by atoms with Crippen molar-refractivity contribution in [1.82, 2.24) is 0 Å². The summed E-state index contributed by atoms with van der Waals surface area (Å²) in [7, 11) is 0. The van der Waals surface area contributed by atoms with Crippen molar-refractivity contribution in [2.45, 2.75) is 19.4 Å². The third-order valence-corrected chi connectivity index (χ3v) is 3.42. The number of non-ortho nitro benzene ring substituents is 1. The van der Waals surface area contributed by atoms with Gasteiger partial charge < -0.3 is 9.84 Å². The van der Waals surface area contributed by atoms with Crippen molar-refractivity contribution in [2.24, 2.45) is 0 Å². The van der Waals surface area contributed by atoms with Crippen LogP contribution in [0.5, 0.6) is 11.5 Å². The van der Waals surface area contributed by atoms with Crippen LogP contribution < -0.4 is 4.74 Å². The molecule has 0 saturated heterocycles. The molecule has 0 saturated carbocycles. The number of nitrogens with zero attached hydrogens (tertiary/aromatic N) is 1. The Kier molecular flexibility index (Phi) is 4.93. The van der Waals surface area contributed by atoms with Gasteiger partial charge in [-0.1, -0.05) is 41.1 Å². The first-order valence-electron chi connectivity index (χ1n) is 6.41. The fourth-order valence-electron chi connectivity index (χ4n) is 1.91. The lowest BCUT2D eigenvalue weighted by molar-refractivity contribution is -0.385. The molecule has 0 aliphatic carbocycles. The largest absolute Gasteiger partial charge is 0.457 e. The number of aliphatic hydroxyl groups is 1. The number of halogens is 1. The molecule has 0 amide bonds. The molecule has 21 heavy (non-hydrogen) atoms. The van der Waals surface area contributed by atoms with Gasteiger partial charge in [-0.25, -0.2) is 0 Å². The van der Waals surface area contributed by atoms with Crippen LogP contribution in [0.1, 0.15) is 25.0 Å². The van der Waals surface area contributed by atoms with Crippen molar-refractivity contribution < 1.29 is 14.8 Å². The molecule has 2 aromatic rings. The fraction of sp³-hybridized carbons (Fsp3) is 0.200. The van der Waals surface area contributed by atoms with Crippen LogP contribution in [0.4, 0.5) is 5.69 Å². The molecule has 0 aromatic heterocycles. The van der Waals surface area contributed by atoms with Crippen molar-refractivity contribution in [3.05, 3.63) is 62.6 Å². The fourth-order valence-corrected chi connectivity index (χ4v) is 2.37. The summed E-state index contributed by atoms with van der Waals surface area (Å²) in [5.74, 6) is 0.825.